The van der Waals surface area contributed by atoms with Crippen LogP contribution in [-0.4, -0.2) is 32.1 Å². The maximum atomic E-state index is 6.07. The van der Waals surface area contributed by atoms with E-state index in [1.807, 2.05) is 37.3 Å². The van der Waals surface area contributed by atoms with Gasteiger partial charge in [-0.05, 0) is 44.2 Å². The van der Waals surface area contributed by atoms with E-state index in [4.69, 9.17) is 23.7 Å². The van der Waals surface area contributed by atoms with Crippen LogP contribution in [0.5, 0.6) is 17.5 Å². The summed E-state index contributed by atoms with van der Waals surface area (Å²) in [7, 11) is 3.19. The molecule has 1 aliphatic heterocycles. The lowest BCUT2D eigenvalue weighted by molar-refractivity contribution is -0.254. The van der Waals surface area contributed by atoms with Gasteiger partial charge < -0.3 is 24.3 Å². The van der Waals surface area contributed by atoms with E-state index in [1.54, 1.807) is 27.2 Å². The number of methoxy groups -OCH3 is 2. The van der Waals surface area contributed by atoms with E-state index in [1.165, 1.54) is 0 Å². The number of nitrogens with zero attached hydrogens (tertiary/aromatic N) is 1. The highest BCUT2D eigenvalue weighted by Gasteiger charge is 2.45. The summed E-state index contributed by atoms with van der Waals surface area (Å²) in [6.07, 6.45) is -0.504. The van der Waals surface area contributed by atoms with Crippen LogP contribution >= 0.6 is 0 Å². The molecule has 3 rings (SSSR count). The molecule has 2 atom stereocenters. The highest BCUT2D eigenvalue weighted by Crippen LogP contribution is 2.43. The van der Waals surface area contributed by atoms with Gasteiger partial charge in [0.25, 0.3) is 0 Å². The zero-order valence-electron chi connectivity index (χ0n) is 14.7. The Morgan fingerprint density at radius 2 is 1.92 bits per heavy atom. The Labute approximate surface area is 146 Å². The number of benzene rings is 1. The van der Waals surface area contributed by atoms with Crippen molar-refractivity contribution in [2.75, 3.05) is 26.1 Å². The molecule has 0 amide bonds. The summed E-state index contributed by atoms with van der Waals surface area (Å²) in [6.45, 7) is 4.22. The average Bonchev–Trinajstić information content (AvgIpc) is 3.00. The summed E-state index contributed by atoms with van der Waals surface area (Å²) in [4.78, 5) is 4.38. The van der Waals surface area contributed by atoms with Crippen molar-refractivity contribution in [3.8, 4) is 17.5 Å². The third-order valence-electron chi connectivity index (χ3n) is 3.80. The first kappa shape index (κ1) is 17.3. The summed E-state index contributed by atoms with van der Waals surface area (Å²) in [6, 6.07) is 11.0. The van der Waals surface area contributed by atoms with Crippen LogP contribution in [0.2, 0.25) is 0 Å². The second kappa shape index (κ2) is 7.16. The topological polar surface area (TPSA) is 71.1 Å². The van der Waals surface area contributed by atoms with Crippen molar-refractivity contribution in [3.63, 3.8) is 0 Å². The Bertz CT molecular complexity index is 722. The molecule has 2 unspecified atom stereocenters. The van der Waals surface area contributed by atoms with E-state index in [9.17, 15) is 0 Å². The van der Waals surface area contributed by atoms with Gasteiger partial charge in [0.1, 0.15) is 11.4 Å². The predicted octanol–water partition coefficient (Wildman–Crippen LogP) is 3.11. The quantitative estimate of drug-likeness (QED) is 0.772. The van der Waals surface area contributed by atoms with Crippen LogP contribution in [0.25, 0.3) is 0 Å². The van der Waals surface area contributed by atoms with Crippen LogP contribution in [-0.2, 0) is 15.4 Å². The number of hydrogen-bond donors (Lipinski definition) is 1. The minimum absolute atomic E-state index is 0.407. The Balaban J connectivity index is 1.95. The second-order valence-corrected chi connectivity index (χ2v) is 5.43. The van der Waals surface area contributed by atoms with E-state index in [2.05, 4.69) is 10.3 Å². The molecule has 1 aromatic heterocycles. The molecule has 1 aromatic carbocycles. The van der Waals surface area contributed by atoms with E-state index in [0.717, 1.165) is 11.3 Å². The molecule has 0 spiro atoms. The number of nitrogens with one attached hydrogen (secondary N) is 1. The molecule has 2 aromatic rings. The van der Waals surface area contributed by atoms with E-state index < -0.39 is 12.2 Å². The van der Waals surface area contributed by atoms with Gasteiger partial charge in [0, 0.05) is 18.7 Å². The lowest BCUT2D eigenvalue weighted by Gasteiger charge is -2.31. The molecule has 0 radical (unpaired) electrons. The molecule has 25 heavy (non-hydrogen) atoms. The first-order valence-corrected chi connectivity index (χ1v) is 8.06. The fourth-order valence-electron chi connectivity index (χ4n) is 2.51. The Kier molecular flexibility index (Phi) is 4.96. The maximum absolute atomic E-state index is 6.07. The minimum atomic E-state index is -1.25. The van der Waals surface area contributed by atoms with E-state index >= 15 is 0 Å². The molecule has 1 aliphatic rings. The third kappa shape index (κ3) is 3.47. The summed E-state index contributed by atoms with van der Waals surface area (Å²) >= 11 is 0. The molecule has 0 bridgehead atoms. The molecule has 7 heteroatoms. The Morgan fingerprint density at radius 3 is 2.56 bits per heavy atom. The van der Waals surface area contributed by atoms with Crippen molar-refractivity contribution in [1.29, 1.82) is 0 Å². The fraction of sp³-hybridized carbons (Fsp3) is 0.389. The fourth-order valence-corrected chi connectivity index (χ4v) is 2.51. The molecule has 134 valence electrons. The highest BCUT2D eigenvalue weighted by molar-refractivity contribution is 5.60. The van der Waals surface area contributed by atoms with Crippen LogP contribution in [0.15, 0.2) is 36.4 Å². The summed E-state index contributed by atoms with van der Waals surface area (Å²) < 4.78 is 28.0. The summed E-state index contributed by atoms with van der Waals surface area (Å²) in [5, 5.41) is 3.25. The molecular formula is C18H22N2O5. The standard InChI is InChI=1S/C18H22N2O5/c1-5-23-16-11-10-15-17(19-16)25-18(20-15,24-12(2)21-3)13-6-8-14(22-4)9-7-13/h6-12,20H,5H2,1-4H3. The van der Waals surface area contributed by atoms with Gasteiger partial charge in [-0.25, -0.2) is 0 Å². The Hall–Kier alpha value is -2.51. The first-order chi connectivity index (χ1) is 12.1. The second-order valence-electron chi connectivity index (χ2n) is 5.43. The zero-order valence-corrected chi connectivity index (χ0v) is 14.7. The van der Waals surface area contributed by atoms with Gasteiger partial charge in [-0.2, -0.15) is 4.98 Å². The monoisotopic (exact) mass is 346 g/mol. The number of anilines is 1. The van der Waals surface area contributed by atoms with Gasteiger partial charge in [-0.1, -0.05) is 0 Å². The normalized spacial score (nSPS) is 19.5. The molecule has 0 aliphatic carbocycles. The van der Waals surface area contributed by atoms with Gasteiger partial charge >= 0.3 is 5.91 Å². The van der Waals surface area contributed by atoms with Gasteiger partial charge in [0.2, 0.25) is 11.8 Å². The zero-order chi connectivity index (χ0) is 17.9. The predicted molar refractivity (Wildman–Crippen MR) is 91.9 cm³/mol. The highest BCUT2D eigenvalue weighted by atomic mass is 16.8. The molecule has 0 saturated heterocycles. The Morgan fingerprint density at radius 1 is 1.16 bits per heavy atom. The lowest BCUT2D eigenvalue weighted by atomic mass is 10.1. The van der Waals surface area contributed by atoms with Crippen molar-refractivity contribution in [3.05, 3.63) is 42.0 Å². The van der Waals surface area contributed by atoms with Gasteiger partial charge in [-0.15, -0.1) is 0 Å². The van der Waals surface area contributed by atoms with E-state index in [-0.39, 0.29) is 0 Å². The van der Waals surface area contributed by atoms with Crippen molar-refractivity contribution < 1.29 is 23.7 Å². The largest absolute Gasteiger partial charge is 0.497 e. The molecule has 1 N–H and O–H groups in total. The number of rotatable bonds is 7. The van der Waals surface area contributed by atoms with Crippen molar-refractivity contribution in [2.24, 2.45) is 0 Å². The molecule has 2 heterocycles. The SMILES string of the molecule is CCOc1ccc2c(n1)OC(OC(C)OC)(c1ccc(OC)cc1)N2. The van der Waals surface area contributed by atoms with Crippen molar-refractivity contribution >= 4 is 5.69 Å². The lowest BCUT2D eigenvalue weighted by Crippen LogP contribution is -2.43. The molecule has 7 nitrogen and oxygen atoms in total. The summed E-state index contributed by atoms with van der Waals surface area (Å²) in [5.41, 5.74) is 1.47. The van der Waals surface area contributed by atoms with E-state index in [0.29, 0.717) is 24.1 Å². The van der Waals surface area contributed by atoms with Crippen LogP contribution < -0.4 is 19.5 Å². The van der Waals surface area contributed by atoms with Crippen LogP contribution in [0.1, 0.15) is 19.4 Å². The van der Waals surface area contributed by atoms with Gasteiger partial charge in [-0.3, -0.25) is 4.74 Å². The average molecular weight is 346 g/mol. The molecule has 0 saturated carbocycles. The number of fused-ring (bicyclic) bond motifs is 1. The smallest absolute Gasteiger partial charge is 0.324 e. The van der Waals surface area contributed by atoms with Crippen molar-refractivity contribution in [1.82, 2.24) is 4.98 Å². The van der Waals surface area contributed by atoms with Crippen LogP contribution in [0.4, 0.5) is 5.69 Å². The summed E-state index contributed by atoms with van der Waals surface area (Å²) in [5.74, 6) is 0.395. The first-order valence-electron chi connectivity index (χ1n) is 8.06. The minimum Gasteiger partial charge on any atom is -0.497 e. The van der Waals surface area contributed by atoms with Crippen molar-refractivity contribution in [2.45, 2.75) is 26.0 Å². The number of pyridine rings is 1. The number of hydrogen-bond acceptors (Lipinski definition) is 7. The van der Waals surface area contributed by atoms with Gasteiger partial charge in [0.15, 0.2) is 6.29 Å². The van der Waals surface area contributed by atoms with Crippen LogP contribution in [0, 0.1) is 0 Å². The number of aromatic nitrogens is 1. The number of ether oxygens (including phenoxy) is 5. The maximum Gasteiger partial charge on any atom is 0.324 e. The molecule has 0 fully saturated rings. The third-order valence-corrected chi connectivity index (χ3v) is 3.80. The molecular weight excluding hydrogens is 324 g/mol. The van der Waals surface area contributed by atoms with Gasteiger partial charge in [0.05, 0.1) is 13.7 Å². The van der Waals surface area contributed by atoms with Crippen LogP contribution in [0.3, 0.4) is 0 Å².